The largest absolute Gasteiger partial charge is 0.383 e. The summed E-state index contributed by atoms with van der Waals surface area (Å²) in [6, 6.07) is 4.91. The maximum atomic E-state index is 11.6. The van der Waals surface area contributed by atoms with E-state index in [1.807, 2.05) is 0 Å². The van der Waals surface area contributed by atoms with Crippen LogP contribution in [0.1, 0.15) is 0 Å². The average molecular weight is 351 g/mol. The van der Waals surface area contributed by atoms with Crippen molar-refractivity contribution in [1.82, 2.24) is 14.8 Å². The SMILES string of the molecule is COCCn1c(-c2c(Cl)cccc2Cl)nnc1S(N)(=O)=O. The van der Waals surface area contributed by atoms with Crippen LogP contribution < -0.4 is 5.14 Å². The standard InChI is InChI=1S/C11H12Cl2N4O3S/c1-20-6-5-17-10(15-16-11(17)21(14,18)19)9-7(12)3-2-4-8(9)13/h2-4H,5-6H2,1H3,(H2,14,18,19). The van der Waals surface area contributed by atoms with Gasteiger partial charge in [0.05, 0.1) is 28.8 Å². The minimum absolute atomic E-state index is 0.187. The van der Waals surface area contributed by atoms with Gasteiger partial charge >= 0.3 is 0 Å². The van der Waals surface area contributed by atoms with E-state index >= 15 is 0 Å². The number of halogens is 2. The Labute approximate surface area is 131 Å². The first-order valence-electron chi connectivity index (χ1n) is 5.75. The molecule has 0 fully saturated rings. The van der Waals surface area contributed by atoms with E-state index in [1.165, 1.54) is 11.7 Å². The number of hydrogen-bond acceptors (Lipinski definition) is 5. The van der Waals surface area contributed by atoms with Crippen molar-refractivity contribution < 1.29 is 13.2 Å². The summed E-state index contributed by atoms with van der Waals surface area (Å²) < 4.78 is 29.4. The summed E-state index contributed by atoms with van der Waals surface area (Å²) in [4.78, 5) is 0. The number of sulfonamides is 1. The highest BCUT2D eigenvalue weighted by atomic mass is 35.5. The average Bonchev–Trinajstić information content (AvgIpc) is 2.79. The molecule has 0 aliphatic heterocycles. The van der Waals surface area contributed by atoms with E-state index in [0.717, 1.165) is 0 Å². The van der Waals surface area contributed by atoms with Gasteiger partial charge in [0, 0.05) is 7.11 Å². The first-order chi connectivity index (χ1) is 9.86. The highest BCUT2D eigenvalue weighted by Crippen LogP contribution is 2.34. The number of benzene rings is 1. The van der Waals surface area contributed by atoms with E-state index in [2.05, 4.69) is 10.2 Å². The van der Waals surface area contributed by atoms with Crippen LogP contribution in [0.5, 0.6) is 0 Å². The minimum atomic E-state index is -4.03. The second-order valence-electron chi connectivity index (χ2n) is 4.09. The summed E-state index contributed by atoms with van der Waals surface area (Å²) in [5, 5.41) is 12.9. The molecule has 0 spiro atoms. The molecular formula is C11H12Cl2N4O3S. The van der Waals surface area contributed by atoms with Crippen molar-refractivity contribution in [3.63, 3.8) is 0 Å². The Morgan fingerprint density at radius 2 is 1.90 bits per heavy atom. The molecule has 1 aromatic heterocycles. The molecule has 21 heavy (non-hydrogen) atoms. The quantitative estimate of drug-likeness (QED) is 0.881. The Morgan fingerprint density at radius 3 is 2.43 bits per heavy atom. The number of primary sulfonamides is 1. The number of nitrogens with zero attached hydrogens (tertiary/aromatic N) is 3. The molecule has 10 heteroatoms. The molecule has 0 saturated carbocycles. The van der Waals surface area contributed by atoms with Crippen LogP contribution in [0, 0.1) is 0 Å². The van der Waals surface area contributed by atoms with E-state index in [9.17, 15) is 8.42 Å². The molecule has 2 rings (SSSR count). The van der Waals surface area contributed by atoms with Crippen LogP contribution in [0.15, 0.2) is 23.4 Å². The van der Waals surface area contributed by atoms with Gasteiger partial charge in [-0.15, -0.1) is 10.2 Å². The summed E-state index contributed by atoms with van der Waals surface area (Å²) in [6.07, 6.45) is 0. The molecule has 0 amide bonds. The summed E-state index contributed by atoms with van der Waals surface area (Å²) in [6.45, 7) is 0.432. The summed E-state index contributed by atoms with van der Waals surface area (Å²) >= 11 is 12.2. The smallest absolute Gasteiger partial charge is 0.273 e. The van der Waals surface area contributed by atoms with Gasteiger partial charge in [-0.3, -0.25) is 4.57 Å². The number of methoxy groups -OCH3 is 1. The highest BCUT2D eigenvalue weighted by molar-refractivity contribution is 7.89. The number of nitrogens with two attached hydrogens (primary N) is 1. The Morgan fingerprint density at radius 1 is 1.29 bits per heavy atom. The van der Waals surface area contributed by atoms with Crippen LogP contribution in [0.4, 0.5) is 0 Å². The van der Waals surface area contributed by atoms with Gasteiger partial charge in [0.25, 0.3) is 15.2 Å². The molecule has 0 radical (unpaired) electrons. The molecule has 0 bridgehead atoms. The third-order valence-electron chi connectivity index (χ3n) is 2.68. The van der Waals surface area contributed by atoms with Crippen LogP contribution in [0.3, 0.4) is 0 Å². The highest BCUT2D eigenvalue weighted by Gasteiger charge is 2.24. The lowest BCUT2D eigenvalue weighted by Gasteiger charge is -2.10. The number of rotatable bonds is 5. The molecule has 7 nitrogen and oxygen atoms in total. The Bertz CT molecular complexity index is 741. The zero-order valence-electron chi connectivity index (χ0n) is 11.0. The molecule has 0 saturated heterocycles. The van der Waals surface area contributed by atoms with Gasteiger partial charge in [-0.1, -0.05) is 29.3 Å². The van der Waals surface area contributed by atoms with Crippen LogP contribution in [0.25, 0.3) is 11.4 Å². The Balaban J connectivity index is 2.67. The van der Waals surface area contributed by atoms with Gasteiger partial charge < -0.3 is 4.74 Å². The third-order valence-corrected chi connectivity index (χ3v) is 4.12. The molecule has 0 aliphatic carbocycles. The Kier molecular flexibility index (Phi) is 4.84. The van der Waals surface area contributed by atoms with Crippen molar-refractivity contribution in [2.24, 2.45) is 5.14 Å². The second-order valence-corrected chi connectivity index (χ2v) is 6.36. The first kappa shape index (κ1) is 16.2. The fourth-order valence-electron chi connectivity index (χ4n) is 1.78. The fourth-order valence-corrected chi connectivity index (χ4v) is 2.99. The van der Waals surface area contributed by atoms with Crippen molar-refractivity contribution in [3.05, 3.63) is 28.2 Å². The molecule has 0 unspecified atom stereocenters. The molecule has 0 aliphatic rings. The molecule has 2 aromatic rings. The molecule has 1 aromatic carbocycles. The molecule has 114 valence electrons. The van der Waals surface area contributed by atoms with Crippen molar-refractivity contribution in [1.29, 1.82) is 0 Å². The second kappa shape index (κ2) is 6.29. The summed E-state index contributed by atoms with van der Waals surface area (Å²) in [5.41, 5.74) is 0.388. The normalized spacial score (nSPS) is 11.8. The molecular weight excluding hydrogens is 339 g/mol. The molecule has 0 atom stereocenters. The predicted molar refractivity (Wildman–Crippen MR) is 78.7 cm³/mol. The van der Waals surface area contributed by atoms with Crippen LogP contribution in [0.2, 0.25) is 10.0 Å². The van der Waals surface area contributed by atoms with E-state index in [0.29, 0.717) is 15.6 Å². The predicted octanol–water partition coefficient (Wildman–Crippen LogP) is 1.55. The molecule has 1 heterocycles. The third kappa shape index (κ3) is 3.35. The van der Waals surface area contributed by atoms with Crippen molar-refractivity contribution >= 4 is 33.2 Å². The van der Waals surface area contributed by atoms with Crippen molar-refractivity contribution in [2.45, 2.75) is 11.7 Å². The monoisotopic (exact) mass is 350 g/mol. The topological polar surface area (TPSA) is 100 Å². The van der Waals surface area contributed by atoms with E-state index in [1.54, 1.807) is 18.2 Å². The Hall–Kier alpha value is -1.19. The van der Waals surface area contributed by atoms with Crippen LogP contribution >= 0.6 is 23.2 Å². The summed E-state index contributed by atoms with van der Waals surface area (Å²) in [5.74, 6) is 0.215. The van der Waals surface area contributed by atoms with Gasteiger partial charge in [0.1, 0.15) is 0 Å². The van der Waals surface area contributed by atoms with Gasteiger partial charge in [0.15, 0.2) is 5.82 Å². The fraction of sp³-hybridized carbons (Fsp3) is 0.273. The van der Waals surface area contributed by atoms with Crippen LogP contribution in [-0.4, -0.2) is 36.9 Å². The zero-order chi connectivity index (χ0) is 15.6. The van der Waals surface area contributed by atoms with E-state index < -0.39 is 10.0 Å². The van der Waals surface area contributed by atoms with Gasteiger partial charge in [0.2, 0.25) is 0 Å². The van der Waals surface area contributed by atoms with Crippen molar-refractivity contribution in [3.8, 4) is 11.4 Å². The molecule has 2 N–H and O–H groups in total. The van der Waals surface area contributed by atoms with Gasteiger partial charge in [-0.2, -0.15) is 0 Å². The van der Waals surface area contributed by atoms with Gasteiger partial charge in [-0.05, 0) is 12.1 Å². The first-order valence-corrected chi connectivity index (χ1v) is 8.05. The van der Waals surface area contributed by atoms with Crippen molar-refractivity contribution in [2.75, 3.05) is 13.7 Å². The van der Waals surface area contributed by atoms with E-state index in [-0.39, 0.29) is 24.1 Å². The number of aromatic nitrogens is 3. The lowest BCUT2D eigenvalue weighted by molar-refractivity contribution is 0.185. The maximum absolute atomic E-state index is 11.6. The maximum Gasteiger partial charge on any atom is 0.273 e. The summed E-state index contributed by atoms with van der Waals surface area (Å²) in [7, 11) is -2.54. The lowest BCUT2D eigenvalue weighted by Crippen LogP contribution is -2.20. The van der Waals surface area contributed by atoms with E-state index in [4.69, 9.17) is 33.1 Å². The van der Waals surface area contributed by atoms with Gasteiger partial charge in [-0.25, -0.2) is 13.6 Å². The number of ether oxygens (including phenoxy) is 1. The van der Waals surface area contributed by atoms with Crippen LogP contribution in [-0.2, 0) is 21.3 Å². The lowest BCUT2D eigenvalue weighted by atomic mass is 10.2. The minimum Gasteiger partial charge on any atom is -0.383 e. The number of hydrogen-bond donors (Lipinski definition) is 1. The zero-order valence-corrected chi connectivity index (χ0v) is 13.3.